The van der Waals surface area contributed by atoms with Gasteiger partial charge in [0.25, 0.3) is 5.91 Å². The molecule has 0 atom stereocenters. The number of benzene rings is 2. The number of rotatable bonds is 3. The van der Waals surface area contributed by atoms with Gasteiger partial charge in [0.1, 0.15) is 0 Å². The lowest BCUT2D eigenvalue weighted by molar-refractivity contribution is 0.0970. The number of ketones is 1. The Morgan fingerprint density at radius 1 is 1.11 bits per heavy atom. The average Bonchev–Trinajstić information content (AvgIpc) is 3.02. The van der Waals surface area contributed by atoms with Crippen LogP contribution in [0.3, 0.4) is 0 Å². The van der Waals surface area contributed by atoms with Crippen molar-refractivity contribution in [1.29, 1.82) is 0 Å². The molecule has 4 rings (SSSR count). The van der Waals surface area contributed by atoms with E-state index >= 15 is 0 Å². The molecular weight excluding hydrogens is 362 g/mol. The monoisotopic (exact) mass is 379 g/mol. The Kier molecular flexibility index (Phi) is 4.54. The zero-order valence-electron chi connectivity index (χ0n) is 14.8. The second-order valence-corrected chi connectivity index (χ2v) is 6.98. The van der Waals surface area contributed by atoms with Gasteiger partial charge in [0, 0.05) is 12.0 Å². The summed E-state index contributed by atoms with van der Waals surface area (Å²) in [7, 11) is 0. The number of aromatic nitrogens is 2. The molecule has 1 aromatic heterocycles. The summed E-state index contributed by atoms with van der Waals surface area (Å²) in [6, 6.07) is 14.3. The first-order valence-electron chi connectivity index (χ1n) is 8.82. The van der Waals surface area contributed by atoms with Crippen molar-refractivity contribution in [2.45, 2.75) is 26.2 Å². The molecule has 5 nitrogen and oxygen atoms in total. The number of carbonyl (C=O) groups excluding carboxylic acids is 2. The predicted octanol–water partition coefficient (Wildman–Crippen LogP) is 4.61. The molecule has 0 saturated carbocycles. The van der Waals surface area contributed by atoms with E-state index < -0.39 is 0 Å². The van der Waals surface area contributed by atoms with E-state index in [0.717, 1.165) is 35.5 Å². The van der Waals surface area contributed by atoms with E-state index in [1.165, 1.54) is 0 Å². The summed E-state index contributed by atoms with van der Waals surface area (Å²) < 4.78 is 1.82. The second kappa shape index (κ2) is 7.00. The van der Waals surface area contributed by atoms with Crippen LogP contribution in [0, 0.1) is 6.92 Å². The molecule has 1 heterocycles. The summed E-state index contributed by atoms with van der Waals surface area (Å²) >= 11 is 6.09. The molecule has 0 radical (unpaired) electrons. The van der Waals surface area contributed by atoms with E-state index in [1.807, 2.05) is 35.9 Å². The molecule has 0 unspecified atom stereocenters. The van der Waals surface area contributed by atoms with E-state index in [1.54, 1.807) is 24.3 Å². The lowest BCUT2D eigenvalue weighted by Gasteiger charge is -2.13. The van der Waals surface area contributed by atoms with Crippen molar-refractivity contribution in [3.05, 3.63) is 76.1 Å². The number of nitrogens with one attached hydrogen (secondary N) is 1. The number of fused-ring (bicyclic) bond motifs is 1. The maximum absolute atomic E-state index is 12.5. The van der Waals surface area contributed by atoms with E-state index in [9.17, 15) is 9.59 Å². The number of anilines is 1. The van der Waals surface area contributed by atoms with Crippen molar-refractivity contribution in [3.8, 4) is 5.69 Å². The number of hydrogen-bond acceptors (Lipinski definition) is 3. The van der Waals surface area contributed by atoms with Gasteiger partial charge in [0.05, 0.1) is 33.3 Å². The Morgan fingerprint density at radius 2 is 1.85 bits per heavy atom. The Hall–Kier alpha value is -2.92. The Balaban J connectivity index is 1.60. The third-order valence-electron chi connectivity index (χ3n) is 4.75. The van der Waals surface area contributed by atoms with Gasteiger partial charge >= 0.3 is 0 Å². The third-order valence-corrected chi connectivity index (χ3v) is 5.08. The summed E-state index contributed by atoms with van der Waals surface area (Å²) in [6.45, 7) is 1.87. The van der Waals surface area contributed by atoms with Gasteiger partial charge in [-0.15, -0.1) is 0 Å². The maximum atomic E-state index is 12.5. The van der Waals surface area contributed by atoms with Crippen LogP contribution >= 0.6 is 11.6 Å². The summed E-state index contributed by atoms with van der Waals surface area (Å²) in [5, 5.41) is 7.84. The topological polar surface area (TPSA) is 64.0 Å². The minimum Gasteiger partial charge on any atom is -0.321 e. The zero-order chi connectivity index (χ0) is 19.0. The molecule has 0 saturated heterocycles. The van der Waals surface area contributed by atoms with Crippen LogP contribution in [-0.4, -0.2) is 21.5 Å². The van der Waals surface area contributed by atoms with Crippen LogP contribution in [0.1, 0.15) is 44.9 Å². The number of halogens is 1. The lowest BCUT2D eigenvalue weighted by atomic mass is 9.94. The SMILES string of the molecule is Cc1nn(-c2ccc(C(=O)Nc3ccccc3Cl)cc2)c2c1C(=O)CCC2. The maximum Gasteiger partial charge on any atom is 0.255 e. The molecule has 0 fully saturated rings. The van der Waals surface area contributed by atoms with Crippen LogP contribution in [0.15, 0.2) is 48.5 Å². The van der Waals surface area contributed by atoms with Crippen LogP contribution in [0.2, 0.25) is 5.02 Å². The van der Waals surface area contributed by atoms with Gasteiger partial charge in [-0.3, -0.25) is 9.59 Å². The molecule has 2 aromatic carbocycles. The highest BCUT2D eigenvalue weighted by molar-refractivity contribution is 6.33. The molecule has 1 aliphatic carbocycles. The molecule has 1 aliphatic rings. The normalized spacial score (nSPS) is 13.3. The highest BCUT2D eigenvalue weighted by atomic mass is 35.5. The van der Waals surface area contributed by atoms with Crippen molar-refractivity contribution >= 4 is 29.0 Å². The predicted molar refractivity (Wildman–Crippen MR) is 105 cm³/mol. The fourth-order valence-corrected chi connectivity index (χ4v) is 3.62. The fraction of sp³-hybridized carbons (Fsp3) is 0.190. The quantitative estimate of drug-likeness (QED) is 0.723. The van der Waals surface area contributed by atoms with E-state index in [2.05, 4.69) is 10.4 Å². The summed E-state index contributed by atoms with van der Waals surface area (Å²) in [5.41, 5.74) is 4.40. The van der Waals surface area contributed by atoms with Crippen molar-refractivity contribution in [2.24, 2.45) is 0 Å². The molecule has 0 aliphatic heterocycles. The summed E-state index contributed by atoms with van der Waals surface area (Å²) in [5.74, 6) is -0.0701. The van der Waals surface area contributed by atoms with Crippen molar-refractivity contribution in [1.82, 2.24) is 9.78 Å². The number of Topliss-reactive ketones (excluding diaryl/α,β-unsaturated/α-hetero) is 1. The minimum absolute atomic E-state index is 0.163. The first-order valence-corrected chi connectivity index (χ1v) is 9.20. The number of hydrogen-bond donors (Lipinski definition) is 1. The van der Waals surface area contributed by atoms with Crippen LogP contribution in [0.4, 0.5) is 5.69 Å². The Morgan fingerprint density at radius 3 is 2.59 bits per heavy atom. The van der Waals surface area contributed by atoms with Crippen molar-refractivity contribution in [3.63, 3.8) is 0 Å². The van der Waals surface area contributed by atoms with Gasteiger partial charge in [0.2, 0.25) is 0 Å². The van der Waals surface area contributed by atoms with Gasteiger partial charge in [-0.25, -0.2) is 4.68 Å². The third kappa shape index (κ3) is 3.26. The molecular formula is C21H18ClN3O2. The summed E-state index contributed by atoms with van der Waals surface area (Å²) in [4.78, 5) is 24.6. The number of carbonyl (C=O) groups is 2. The van der Waals surface area contributed by atoms with Gasteiger partial charge < -0.3 is 5.32 Å². The molecule has 136 valence electrons. The highest BCUT2D eigenvalue weighted by Crippen LogP contribution is 2.27. The lowest BCUT2D eigenvalue weighted by Crippen LogP contribution is -2.14. The Labute approximate surface area is 162 Å². The van der Waals surface area contributed by atoms with Crippen LogP contribution < -0.4 is 5.32 Å². The molecule has 27 heavy (non-hydrogen) atoms. The molecule has 6 heteroatoms. The number of nitrogens with zero attached hydrogens (tertiary/aromatic N) is 2. The molecule has 1 N–H and O–H groups in total. The molecule has 1 amide bonds. The number of aryl methyl sites for hydroxylation is 1. The van der Waals surface area contributed by atoms with Gasteiger partial charge in [-0.05, 0) is 56.2 Å². The molecule has 3 aromatic rings. The second-order valence-electron chi connectivity index (χ2n) is 6.58. The van der Waals surface area contributed by atoms with Crippen molar-refractivity contribution < 1.29 is 9.59 Å². The smallest absolute Gasteiger partial charge is 0.255 e. The molecule has 0 spiro atoms. The highest BCUT2D eigenvalue weighted by Gasteiger charge is 2.25. The zero-order valence-corrected chi connectivity index (χ0v) is 15.6. The van der Waals surface area contributed by atoms with E-state index in [0.29, 0.717) is 22.7 Å². The summed E-state index contributed by atoms with van der Waals surface area (Å²) in [6.07, 6.45) is 2.26. The Bertz CT molecular complexity index is 1040. The minimum atomic E-state index is -0.233. The molecule has 0 bridgehead atoms. The van der Waals surface area contributed by atoms with Crippen LogP contribution in [0.5, 0.6) is 0 Å². The van der Waals surface area contributed by atoms with E-state index in [-0.39, 0.29) is 11.7 Å². The number of amides is 1. The largest absolute Gasteiger partial charge is 0.321 e. The van der Waals surface area contributed by atoms with Crippen molar-refractivity contribution in [2.75, 3.05) is 5.32 Å². The van der Waals surface area contributed by atoms with Gasteiger partial charge in [-0.2, -0.15) is 5.10 Å². The fourth-order valence-electron chi connectivity index (χ4n) is 3.43. The standard InChI is InChI=1S/C21H18ClN3O2/c1-13-20-18(7-4-8-19(20)26)25(24-13)15-11-9-14(10-12-15)21(27)23-17-6-3-2-5-16(17)22/h2-3,5-6,9-12H,4,7-8H2,1H3,(H,23,27). The van der Waals surface area contributed by atoms with Gasteiger partial charge in [0.15, 0.2) is 5.78 Å². The van der Waals surface area contributed by atoms with Gasteiger partial charge in [-0.1, -0.05) is 23.7 Å². The first-order chi connectivity index (χ1) is 13.0. The van der Waals surface area contributed by atoms with Crippen LogP contribution in [-0.2, 0) is 6.42 Å². The van der Waals surface area contributed by atoms with Crippen LogP contribution in [0.25, 0.3) is 5.69 Å². The first kappa shape index (κ1) is 17.5. The number of para-hydroxylation sites is 1. The van der Waals surface area contributed by atoms with E-state index in [4.69, 9.17) is 11.6 Å². The average molecular weight is 380 g/mol.